The third kappa shape index (κ3) is 4.03. The van der Waals surface area contributed by atoms with Crippen LogP contribution in [0, 0.1) is 6.92 Å². The number of fused-ring (bicyclic) bond motifs is 1. The lowest BCUT2D eigenvalue weighted by atomic mass is 10.1. The first kappa shape index (κ1) is 19.6. The summed E-state index contributed by atoms with van der Waals surface area (Å²) < 4.78 is 39.8. The summed E-state index contributed by atoms with van der Waals surface area (Å²) in [6.07, 6.45) is -0.875. The molecule has 5 nitrogen and oxygen atoms in total. The predicted octanol–water partition coefficient (Wildman–Crippen LogP) is 4.90. The number of aromatic nitrogens is 3. The van der Waals surface area contributed by atoms with Gasteiger partial charge in [0.1, 0.15) is 0 Å². The Hall–Kier alpha value is -3.68. The molecule has 0 aliphatic rings. The topological polar surface area (TPSA) is 59.3 Å². The van der Waals surface area contributed by atoms with E-state index in [-0.39, 0.29) is 12.3 Å². The Morgan fingerprint density at radius 3 is 2.57 bits per heavy atom. The van der Waals surface area contributed by atoms with Crippen LogP contribution in [0.3, 0.4) is 0 Å². The van der Waals surface area contributed by atoms with Gasteiger partial charge in [0.15, 0.2) is 0 Å². The maximum atomic E-state index is 12.7. The van der Waals surface area contributed by atoms with Gasteiger partial charge < -0.3 is 5.32 Å². The minimum absolute atomic E-state index is 0.0281. The van der Waals surface area contributed by atoms with Crippen LogP contribution in [-0.2, 0) is 17.4 Å². The van der Waals surface area contributed by atoms with Crippen LogP contribution in [-0.4, -0.2) is 20.3 Å². The first-order chi connectivity index (χ1) is 14.3. The monoisotopic (exact) mass is 410 g/mol. The molecule has 0 aliphatic heterocycles. The van der Waals surface area contributed by atoms with E-state index in [0.717, 1.165) is 29.1 Å². The average molecular weight is 410 g/mol. The van der Waals surface area contributed by atoms with Crippen molar-refractivity contribution in [2.24, 2.45) is 0 Å². The summed E-state index contributed by atoms with van der Waals surface area (Å²) in [7, 11) is 0. The Labute approximate surface area is 170 Å². The van der Waals surface area contributed by atoms with Crippen LogP contribution in [0.2, 0.25) is 0 Å². The number of benzene rings is 2. The van der Waals surface area contributed by atoms with Crippen LogP contribution in [0.25, 0.3) is 17.0 Å². The van der Waals surface area contributed by atoms with Crippen LogP contribution >= 0.6 is 0 Å². The molecule has 2 aromatic carbocycles. The van der Waals surface area contributed by atoms with E-state index >= 15 is 0 Å². The first-order valence-electron chi connectivity index (χ1n) is 9.17. The number of halogens is 3. The summed E-state index contributed by atoms with van der Waals surface area (Å²) in [4.78, 5) is 21.1. The van der Waals surface area contributed by atoms with Gasteiger partial charge in [-0.2, -0.15) is 13.2 Å². The van der Waals surface area contributed by atoms with Crippen molar-refractivity contribution in [3.63, 3.8) is 0 Å². The molecule has 4 aromatic rings. The van der Waals surface area contributed by atoms with Crippen molar-refractivity contribution in [1.29, 1.82) is 0 Å². The quantitative estimate of drug-likeness (QED) is 0.520. The van der Waals surface area contributed by atoms with Gasteiger partial charge in [-0.1, -0.05) is 24.3 Å². The van der Waals surface area contributed by atoms with Gasteiger partial charge in [0, 0.05) is 29.3 Å². The molecule has 30 heavy (non-hydrogen) atoms. The molecule has 0 atom stereocenters. The van der Waals surface area contributed by atoms with E-state index in [1.807, 2.05) is 29.7 Å². The lowest BCUT2D eigenvalue weighted by Gasteiger charge is -2.09. The molecule has 0 spiro atoms. The third-order valence-electron chi connectivity index (χ3n) is 4.71. The molecule has 2 heterocycles. The summed E-state index contributed by atoms with van der Waals surface area (Å²) in [6, 6.07) is 13.6. The number of imidazole rings is 1. The van der Waals surface area contributed by atoms with Crippen molar-refractivity contribution in [2.45, 2.75) is 19.5 Å². The number of carbonyl (C=O) groups is 1. The Bertz CT molecular complexity index is 1210. The van der Waals surface area contributed by atoms with Crippen molar-refractivity contribution in [3.05, 3.63) is 83.8 Å². The van der Waals surface area contributed by atoms with Gasteiger partial charge in [-0.3, -0.25) is 9.20 Å². The molecular weight excluding hydrogens is 393 g/mol. The molecule has 0 bridgehead atoms. The van der Waals surface area contributed by atoms with Gasteiger partial charge >= 0.3 is 6.18 Å². The molecule has 0 radical (unpaired) electrons. The van der Waals surface area contributed by atoms with E-state index in [1.54, 1.807) is 24.4 Å². The number of anilines is 1. The molecular formula is C22H17F3N4O. The van der Waals surface area contributed by atoms with Crippen LogP contribution < -0.4 is 5.32 Å². The van der Waals surface area contributed by atoms with Crippen LogP contribution in [0.5, 0.6) is 0 Å². The Morgan fingerprint density at radius 1 is 1.10 bits per heavy atom. The van der Waals surface area contributed by atoms with Crippen molar-refractivity contribution < 1.29 is 18.0 Å². The zero-order valence-electron chi connectivity index (χ0n) is 15.9. The lowest BCUT2D eigenvalue weighted by Crippen LogP contribution is -2.14. The average Bonchev–Trinajstić information content (AvgIpc) is 3.05. The van der Waals surface area contributed by atoms with E-state index in [1.165, 1.54) is 12.1 Å². The number of nitrogens with one attached hydrogen (secondary N) is 1. The highest BCUT2D eigenvalue weighted by Gasteiger charge is 2.29. The number of rotatable bonds is 4. The van der Waals surface area contributed by atoms with Gasteiger partial charge in [0.05, 0.1) is 17.7 Å². The fraction of sp³-hybridized carbons (Fsp3) is 0.136. The molecule has 0 saturated heterocycles. The van der Waals surface area contributed by atoms with E-state index in [0.29, 0.717) is 17.0 Å². The highest BCUT2D eigenvalue weighted by Crippen LogP contribution is 2.29. The first-order valence-corrected chi connectivity index (χ1v) is 9.17. The zero-order chi connectivity index (χ0) is 21.3. The van der Waals surface area contributed by atoms with Gasteiger partial charge in [0.2, 0.25) is 11.7 Å². The second kappa shape index (κ2) is 7.62. The van der Waals surface area contributed by atoms with Gasteiger partial charge in [-0.25, -0.2) is 9.97 Å². The molecule has 1 amide bonds. The molecule has 0 unspecified atom stereocenters. The number of amides is 1. The van der Waals surface area contributed by atoms with Crippen molar-refractivity contribution >= 4 is 17.4 Å². The lowest BCUT2D eigenvalue weighted by molar-refractivity contribution is -0.137. The molecule has 152 valence electrons. The molecule has 0 fully saturated rings. The van der Waals surface area contributed by atoms with E-state index in [9.17, 15) is 18.0 Å². The summed E-state index contributed by atoms with van der Waals surface area (Å²) >= 11 is 0. The standard InChI is InChI=1S/C22H17F3N4O/c1-14-20(28-21-26-10-3-11-29(14)21)16-4-2-5-18(13-16)27-19(30)12-15-6-8-17(9-7-15)22(23,24)25/h2-11,13H,12H2,1H3,(H,27,30). The molecule has 0 saturated carbocycles. The van der Waals surface area contributed by atoms with Crippen LogP contribution in [0.15, 0.2) is 67.0 Å². The van der Waals surface area contributed by atoms with E-state index < -0.39 is 11.7 Å². The van der Waals surface area contributed by atoms with E-state index in [2.05, 4.69) is 15.3 Å². The number of aryl methyl sites for hydroxylation is 1. The highest BCUT2D eigenvalue weighted by atomic mass is 19.4. The van der Waals surface area contributed by atoms with Crippen LogP contribution in [0.4, 0.5) is 18.9 Å². The molecule has 2 aromatic heterocycles. The second-order valence-electron chi connectivity index (χ2n) is 6.84. The molecule has 1 N–H and O–H groups in total. The minimum Gasteiger partial charge on any atom is -0.326 e. The van der Waals surface area contributed by atoms with Gasteiger partial charge in [-0.15, -0.1) is 0 Å². The largest absolute Gasteiger partial charge is 0.416 e. The maximum absolute atomic E-state index is 12.7. The Morgan fingerprint density at radius 2 is 1.87 bits per heavy atom. The smallest absolute Gasteiger partial charge is 0.326 e. The number of carbonyl (C=O) groups excluding carboxylic acids is 1. The van der Waals surface area contributed by atoms with Gasteiger partial charge in [0.25, 0.3) is 0 Å². The Balaban J connectivity index is 1.50. The SMILES string of the molecule is Cc1c(-c2cccc(NC(=O)Cc3ccc(C(F)(F)F)cc3)c2)nc2ncccn12. The molecule has 4 rings (SSSR count). The number of hydrogen-bond acceptors (Lipinski definition) is 3. The minimum atomic E-state index is -4.40. The fourth-order valence-electron chi connectivity index (χ4n) is 3.22. The summed E-state index contributed by atoms with van der Waals surface area (Å²) in [5, 5.41) is 2.79. The van der Waals surface area contributed by atoms with Crippen LogP contribution in [0.1, 0.15) is 16.8 Å². The second-order valence-corrected chi connectivity index (χ2v) is 6.84. The zero-order valence-corrected chi connectivity index (χ0v) is 15.9. The maximum Gasteiger partial charge on any atom is 0.416 e. The van der Waals surface area contributed by atoms with Crippen molar-refractivity contribution in [3.8, 4) is 11.3 Å². The molecule has 0 aliphatic carbocycles. The highest BCUT2D eigenvalue weighted by molar-refractivity contribution is 5.93. The number of alkyl halides is 3. The predicted molar refractivity (Wildman–Crippen MR) is 107 cm³/mol. The third-order valence-corrected chi connectivity index (χ3v) is 4.71. The summed E-state index contributed by atoms with van der Waals surface area (Å²) in [6.45, 7) is 1.94. The van der Waals surface area contributed by atoms with Gasteiger partial charge in [-0.05, 0) is 42.8 Å². The fourth-order valence-corrected chi connectivity index (χ4v) is 3.22. The normalized spacial score (nSPS) is 11.6. The van der Waals surface area contributed by atoms with Crippen molar-refractivity contribution in [2.75, 3.05) is 5.32 Å². The number of nitrogens with zero attached hydrogens (tertiary/aromatic N) is 3. The molecule has 8 heteroatoms. The Kier molecular flexibility index (Phi) is 4.99. The summed E-state index contributed by atoms with van der Waals surface area (Å²) in [5.41, 5.74) is 2.84. The number of hydrogen-bond donors (Lipinski definition) is 1. The van der Waals surface area contributed by atoms with Crippen molar-refractivity contribution in [1.82, 2.24) is 14.4 Å². The summed E-state index contributed by atoms with van der Waals surface area (Å²) in [5.74, 6) is 0.266. The van der Waals surface area contributed by atoms with E-state index in [4.69, 9.17) is 0 Å².